The number of anilines is 2. The van der Waals surface area contributed by atoms with E-state index in [1.165, 1.54) is 5.56 Å². The van der Waals surface area contributed by atoms with Crippen LogP contribution < -0.4 is 10.0 Å². The summed E-state index contributed by atoms with van der Waals surface area (Å²) in [5.74, 6) is 0. The number of hydrogen-bond donors (Lipinski definition) is 2. The van der Waals surface area contributed by atoms with Crippen LogP contribution in [0.4, 0.5) is 11.4 Å². The molecule has 0 aromatic heterocycles. The summed E-state index contributed by atoms with van der Waals surface area (Å²) < 4.78 is 25.3. The van der Waals surface area contributed by atoms with Gasteiger partial charge in [-0.15, -0.1) is 0 Å². The molecule has 0 bridgehead atoms. The van der Waals surface area contributed by atoms with Crippen LogP contribution in [0.1, 0.15) is 24.1 Å². The summed E-state index contributed by atoms with van der Waals surface area (Å²) in [6.07, 6.45) is 1.15. The first-order valence-electron chi connectivity index (χ1n) is 6.75. The minimum absolute atomic E-state index is 0.139. The molecule has 0 aliphatic rings. The third-order valence-electron chi connectivity index (χ3n) is 3.22. The number of hydrogen-bond acceptors (Lipinski definition) is 3. The van der Waals surface area contributed by atoms with E-state index in [9.17, 15) is 8.42 Å². The van der Waals surface area contributed by atoms with Crippen molar-refractivity contribution in [3.05, 3.63) is 59.7 Å². The molecular formula is C16H20N2O2S. The Balaban J connectivity index is 2.19. The van der Waals surface area contributed by atoms with Crippen LogP contribution in [0.2, 0.25) is 0 Å². The van der Waals surface area contributed by atoms with Gasteiger partial charge in [-0.2, -0.15) is 0 Å². The molecule has 0 radical (unpaired) electrons. The second kappa shape index (κ2) is 6.18. The van der Waals surface area contributed by atoms with Crippen molar-refractivity contribution >= 4 is 21.4 Å². The minimum atomic E-state index is -3.27. The van der Waals surface area contributed by atoms with Gasteiger partial charge in [-0.05, 0) is 37.1 Å². The summed E-state index contributed by atoms with van der Waals surface area (Å²) in [6, 6.07) is 15.9. The molecule has 0 aliphatic heterocycles. The smallest absolute Gasteiger partial charge is 0.229 e. The van der Waals surface area contributed by atoms with Crippen molar-refractivity contribution in [3.8, 4) is 0 Å². The molecule has 5 heteroatoms. The Kier molecular flexibility index (Phi) is 4.53. The maximum atomic E-state index is 11.4. The molecular weight excluding hydrogens is 284 g/mol. The standard InChI is InChI=1S/C16H20N2O2S/c1-12-9-10-15(11-16(12)18-21(3,19)20)17-13(2)14-7-5-4-6-8-14/h4-11,13,17-18H,1-3H3/t13-/m1/s1. The van der Waals surface area contributed by atoms with Crippen molar-refractivity contribution in [1.29, 1.82) is 0 Å². The first-order chi connectivity index (χ1) is 9.85. The largest absolute Gasteiger partial charge is 0.378 e. The van der Waals surface area contributed by atoms with Crippen LogP contribution in [0.25, 0.3) is 0 Å². The van der Waals surface area contributed by atoms with E-state index in [4.69, 9.17) is 0 Å². The van der Waals surface area contributed by atoms with Crippen molar-refractivity contribution in [3.63, 3.8) is 0 Å². The van der Waals surface area contributed by atoms with E-state index < -0.39 is 10.0 Å². The fourth-order valence-electron chi connectivity index (χ4n) is 2.10. The van der Waals surface area contributed by atoms with E-state index in [1.807, 2.05) is 43.3 Å². The van der Waals surface area contributed by atoms with Gasteiger partial charge >= 0.3 is 0 Å². The molecule has 0 heterocycles. The quantitative estimate of drug-likeness (QED) is 0.888. The molecule has 0 saturated carbocycles. The van der Waals surface area contributed by atoms with Gasteiger partial charge in [0.1, 0.15) is 0 Å². The maximum Gasteiger partial charge on any atom is 0.229 e. The van der Waals surface area contributed by atoms with Gasteiger partial charge in [0.25, 0.3) is 0 Å². The predicted molar refractivity (Wildman–Crippen MR) is 88.1 cm³/mol. The Morgan fingerprint density at radius 3 is 2.33 bits per heavy atom. The van der Waals surface area contributed by atoms with Gasteiger partial charge in [0, 0.05) is 11.7 Å². The first kappa shape index (κ1) is 15.4. The summed E-state index contributed by atoms with van der Waals surface area (Å²) in [5.41, 5.74) is 3.54. The van der Waals surface area contributed by atoms with Crippen LogP contribution in [-0.2, 0) is 10.0 Å². The zero-order valence-corrected chi connectivity index (χ0v) is 13.2. The molecule has 0 fully saturated rings. The Morgan fingerprint density at radius 1 is 1.05 bits per heavy atom. The van der Waals surface area contributed by atoms with Crippen LogP contribution in [0.3, 0.4) is 0 Å². The number of rotatable bonds is 5. The van der Waals surface area contributed by atoms with Crippen molar-refractivity contribution in [2.24, 2.45) is 0 Å². The van der Waals surface area contributed by atoms with Gasteiger partial charge in [-0.3, -0.25) is 4.72 Å². The van der Waals surface area contributed by atoms with Gasteiger partial charge in [-0.25, -0.2) is 8.42 Å². The van der Waals surface area contributed by atoms with E-state index in [1.54, 1.807) is 0 Å². The van der Waals surface area contributed by atoms with Crippen LogP contribution >= 0.6 is 0 Å². The predicted octanol–water partition coefficient (Wildman–Crippen LogP) is 3.54. The lowest BCUT2D eigenvalue weighted by molar-refractivity contribution is 0.607. The summed E-state index contributed by atoms with van der Waals surface area (Å²) in [7, 11) is -3.27. The maximum absolute atomic E-state index is 11.4. The topological polar surface area (TPSA) is 58.2 Å². The van der Waals surface area contributed by atoms with Gasteiger partial charge in [-0.1, -0.05) is 36.4 Å². The summed E-state index contributed by atoms with van der Waals surface area (Å²) in [4.78, 5) is 0. The van der Waals surface area contributed by atoms with Crippen molar-refractivity contribution in [1.82, 2.24) is 0 Å². The van der Waals surface area contributed by atoms with E-state index in [0.717, 1.165) is 17.5 Å². The molecule has 2 N–H and O–H groups in total. The van der Waals surface area contributed by atoms with Crippen molar-refractivity contribution in [2.75, 3.05) is 16.3 Å². The summed E-state index contributed by atoms with van der Waals surface area (Å²) in [6.45, 7) is 3.94. The lowest BCUT2D eigenvalue weighted by Gasteiger charge is -2.17. The Labute approximate surface area is 126 Å². The number of aryl methyl sites for hydroxylation is 1. The second-order valence-corrected chi connectivity index (χ2v) is 6.93. The lowest BCUT2D eigenvalue weighted by atomic mass is 10.1. The molecule has 4 nitrogen and oxygen atoms in total. The van der Waals surface area contributed by atoms with Crippen LogP contribution in [0.5, 0.6) is 0 Å². The monoisotopic (exact) mass is 304 g/mol. The Morgan fingerprint density at radius 2 is 1.71 bits per heavy atom. The summed E-state index contributed by atoms with van der Waals surface area (Å²) in [5, 5.41) is 3.38. The van der Waals surface area contributed by atoms with Crippen LogP contribution in [-0.4, -0.2) is 14.7 Å². The summed E-state index contributed by atoms with van der Waals surface area (Å²) >= 11 is 0. The number of nitrogens with one attached hydrogen (secondary N) is 2. The highest BCUT2D eigenvalue weighted by Crippen LogP contribution is 2.24. The molecule has 2 aromatic rings. The Bertz CT molecular complexity index is 712. The van der Waals surface area contributed by atoms with Gasteiger partial charge in [0.2, 0.25) is 10.0 Å². The van der Waals surface area contributed by atoms with Crippen molar-refractivity contribution in [2.45, 2.75) is 19.9 Å². The van der Waals surface area contributed by atoms with E-state index in [0.29, 0.717) is 5.69 Å². The Hall–Kier alpha value is -2.01. The third-order valence-corrected chi connectivity index (χ3v) is 3.81. The molecule has 2 aromatic carbocycles. The van der Waals surface area contributed by atoms with Crippen LogP contribution in [0.15, 0.2) is 48.5 Å². The minimum Gasteiger partial charge on any atom is -0.378 e. The highest BCUT2D eigenvalue weighted by molar-refractivity contribution is 7.92. The average Bonchev–Trinajstić information content (AvgIpc) is 2.42. The highest BCUT2D eigenvalue weighted by atomic mass is 32.2. The van der Waals surface area contributed by atoms with E-state index in [-0.39, 0.29) is 6.04 Å². The third kappa shape index (κ3) is 4.49. The fraction of sp³-hybridized carbons (Fsp3) is 0.250. The van der Waals surface area contributed by atoms with Gasteiger partial charge < -0.3 is 5.32 Å². The normalized spacial score (nSPS) is 12.7. The first-order valence-corrected chi connectivity index (χ1v) is 8.64. The van der Waals surface area contributed by atoms with E-state index >= 15 is 0 Å². The zero-order chi connectivity index (χ0) is 15.5. The fourth-order valence-corrected chi connectivity index (χ4v) is 2.72. The number of benzene rings is 2. The molecule has 112 valence electrons. The SMILES string of the molecule is Cc1ccc(N[C@H](C)c2ccccc2)cc1NS(C)(=O)=O. The van der Waals surface area contributed by atoms with E-state index in [2.05, 4.69) is 29.1 Å². The van der Waals surface area contributed by atoms with Gasteiger partial charge in [0.05, 0.1) is 11.9 Å². The molecule has 2 rings (SSSR count). The van der Waals surface area contributed by atoms with Gasteiger partial charge in [0.15, 0.2) is 0 Å². The molecule has 21 heavy (non-hydrogen) atoms. The molecule has 0 aliphatic carbocycles. The molecule has 0 amide bonds. The molecule has 1 atom stereocenters. The van der Waals surface area contributed by atoms with Crippen molar-refractivity contribution < 1.29 is 8.42 Å². The highest BCUT2D eigenvalue weighted by Gasteiger charge is 2.08. The zero-order valence-electron chi connectivity index (χ0n) is 12.4. The molecule has 0 unspecified atom stereocenters. The second-order valence-electron chi connectivity index (χ2n) is 5.18. The molecule has 0 spiro atoms. The van der Waals surface area contributed by atoms with Crippen LogP contribution in [0, 0.1) is 6.92 Å². The lowest BCUT2D eigenvalue weighted by Crippen LogP contribution is -2.11. The average molecular weight is 304 g/mol. The molecule has 0 saturated heterocycles. The number of sulfonamides is 1.